The minimum atomic E-state index is -3.48. The van der Waals surface area contributed by atoms with Gasteiger partial charge >= 0.3 is 0 Å². The van der Waals surface area contributed by atoms with Crippen LogP contribution in [0.5, 0.6) is 0 Å². The Morgan fingerprint density at radius 3 is 2.32 bits per heavy atom. The molecular formula is C15H23N3O3S. The summed E-state index contributed by atoms with van der Waals surface area (Å²) in [4.78, 5) is 14.2. The molecule has 1 aliphatic heterocycles. The van der Waals surface area contributed by atoms with Crippen LogP contribution in [0.2, 0.25) is 0 Å². The Morgan fingerprint density at radius 1 is 1.27 bits per heavy atom. The maximum absolute atomic E-state index is 12.4. The first kappa shape index (κ1) is 16.9. The first-order chi connectivity index (χ1) is 10.4. The molecular weight excluding hydrogens is 302 g/mol. The van der Waals surface area contributed by atoms with Crippen molar-refractivity contribution in [1.82, 2.24) is 9.21 Å². The third-order valence-electron chi connectivity index (χ3n) is 3.96. The van der Waals surface area contributed by atoms with Gasteiger partial charge < -0.3 is 10.6 Å². The maximum Gasteiger partial charge on any atom is 0.253 e. The number of hydrogen-bond donors (Lipinski definition) is 1. The second-order valence-electron chi connectivity index (χ2n) is 5.41. The van der Waals surface area contributed by atoms with Crippen LogP contribution in [-0.4, -0.2) is 55.8 Å². The number of carbonyl (C=O) groups excluding carboxylic acids is 1. The van der Waals surface area contributed by atoms with Crippen molar-refractivity contribution in [3.05, 3.63) is 29.8 Å². The molecule has 1 saturated heterocycles. The highest BCUT2D eigenvalue weighted by Crippen LogP contribution is 2.18. The largest absolute Gasteiger partial charge is 0.337 e. The number of hydrogen-bond acceptors (Lipinski definition) is 4. The van der Waals surface area contributed by atoms with Crippen LogP contribution in [0.4, 0.5) is 0 Å². The number of sulfonamides is 1. The molecule has 0 unspecified atom stereocenters. The minimum Gasteiger partial charge on any atom is -0.337 e. The van der Waals surface area contributed by atoms with Gasteiger partial charge in [0.05, 0.1) is 4.90 Å². The Hall–Kier alpha value is -1.44. The van der Waals surface area contributed by atoms with Crippen LogP contribution in [0.3, 0.4) is 0 Å². The smallest absolute Gasteiger partial charge is 0.253 e. The molecule has 2 N–H and O–H groups in total. The van der Waals surface area contributed by atoms with Gasteiger partial charge in [-0.05, 0) is 30.7 Å². The van der Waals surface area contributed by atoms with Crippen LogP contribution < -0.4 is 5.73 Å². The zero-order valence-corrected chi connectivity index (χ0v) is 13.8. The fourth-order valence-electron chi connectivity index (χ4n) is 2.64. The molecule has 22 heavy (non-hydrogen) atoms. The zero-order chi connectivity index (χ0) is 16.3. The van der Waals surface area contributed by atoms with E-state index in [1.165, 1.54) is 16.4 Å². The van der Waals surface area contributed by atoms with Crippen LogP contribution in [0.25, 0.3) is 0 Å². The molecule has 0 radical (unpaired) electrons. The first-order valence-electron chi connectivity index (χ1n) is 7.55. The zero-order valence-electron chi connectivity index (χ0n) is 13.0. The van der Waals surface area contributed by atoms with E-state index in [0.29, 0.717) is 31.7 Å². The van der Waals surface area contributed by atoms with Crippen molar-refractivity contribution in [2.24, 2.45) is 5.73 Å². The lowest BCUT2D eigenvalue weighted by molar-refractivity contribution is 0.0791. The quantitative estimate of drug-likeness (QED) is 0.871. The van der Waals surface area contributed by atoms with E-state index in [4.69, 9.17) is 5.73 Å². The lowest BCUT2D eigenvalue weighted by Gasteiger charge is -2.19. The molecule has 0 spiro atoms. The number of nitrogens with zero attached hydrogens (tertiary/aromatic N) is 2. The van der Waals surface area contributed by atoms with Crippen molar-refractivity contribution < 1.29 is 13.2 Å². The summed E-state index contributed by atoms with van der Waals surface area (Å²) in [5.74, 6) is -0.0975. The van der Waals surface area contributed by atoms with Gasteiger partial charge in [-0.15, -0.1) is 0 Å². The van der Waals surface area contributed by atoms with Crippen LogP contribution in [-0.2, 0) is 10.0 Å². The van der Waals surface area contributed by atoms with E-state index in [9.17, 15) is 13.2 Å². The van der Waals surface area contributed by atoms with Crippen molar-refractivity contribution in [3.63, 3.8) is 0 Å². The second-order valence-corrected chi connectivity index (χ2v) is 7.35. The third kappa shape index (κ3) is 3.31. The van der Waals surface area contributed by atoms with Crippen LogP contribution in [0, 0.1) is 0 Å². The number of rotatable bonds is 5. The van der Waals surface area contributed by atoms with Gasteiger partial charge in [0.15, 0.2) is 0 Å². The van der Waals surface area contributed by atoms with Gasteiger partial charge in [0.1, 0.15) is 0 Å². The number of benzene rings is 1. The molecule has 0 aliphatic carbocycles. The SMILES string of the molecule is CCN(CC)S(=O)(=O)c1ccc(C(=O)N2CC[C@@H](N)C2)cc1. The summed E-state index contributed by atoms with van der Waals surface area (Å²) in [6, 6.07) is 6.17. The third-order valence-corrected chi connectivity index (χ3v) is 6.02. The van der Waals surface area contributed by atoms with Gasteiger partial charge in [-0.3, -0.25) is 4.79 Å². The number of carbonyl (C=O) groups is 1. The Labute approximate surface area is 131 Å². The summed E-state index contributed by atoms with van der Waals surface area (Å²) in [6.45, 7) is 5.65. The van der Waals surface area contributed by atoms with Crippen LogP contribution in [0.15, 0.2) is 29.2 Å². The fraction of sp³-hybridized carbons (Fsp3) is 0.533. The van der Waals surface area contributed by atoms with Crippen LogP contribution in [0.1, 0.15) is 30.6 Å². The summed E-state index contributed by atoms with van der Waals surface area (Å²) in [5.41, 5.74) is 6.30. The molecule has 0 saturated carbocycles. The molecule has 0 aromatic heterocycles. The summed E-state index contributed by atoms with van der Waals surface area (Å²) in [6.07, 6.45) is 0.806. The normalized spacial score (nSPS) is 18.9. The van der Waals surface area contributed by atoms with E-state index in [1.54, 1.807) is 30.9 Å². The van der Waals surface area contributed by atoms with E-state index in [1.807, 2.05) is 0 Å². The maximum atomic E-state index is 12.4. The highest BCUT2D eigenvalue weighted by Gasteiger charge is 2.26. The molecule has 1 aromatic carbocycles. The topological polar surface area (TPSA) is 83.7 Å². The lowest BCUT2D eigenvalue weighted by Crippen LogP contribution is -2.32. The standard InChI is InChI=1S/C15H23N3O3S/c1-3-18(4-2)22(20,21)14-7-5-12(6-8-14)15(19)17-10-9-13(16)11-17/h5-8,13H,3-4,9-11,16H2,1-2H3/t13-/m1/s1. The van der Waals surface area contributed by atoms with E-state index in [2.05, 4.69) is 0 Å². The molecule has 7 heteroatoms. The first-order valence-corrected chi connectivity index (χ1v) is 8.99. The van der Waals surface area contributed by atoms with Gasteiger partial charge in [-0.1, -0.05) is 13.8 Å². The highest BCUT2D eigenvalue weighted by atomic mass is 32.2. The van der Waals surface area contributed by atoms with Gasteiger partial charge in [0.25, 0.3) is 5.91 Å². The van der Waals surface area contributed by atoms with Gasteiger partial charge in [-0.25, -0.2) is 8.42 Å². The van der Waals surface area contributed by atoms with Crippen molar-refractivity contribution in [2.75, 3.05) is 26.2 Å². The molecule has 6 nitrogen and oxygen atoms in total. The van der Waals surface area contributed by atoms with Gasteiger partial charge in [0.2, 0.25) is 10.0 Å². The molecule has 1 fully saturated rings. The Kier molecular flexibility index (Phi) is 5.20. The van der Waals surface area contributed by atoms with E-state index >= 15 is 0 Å². The fourth-order valence-corrected chi connectivity index (χ4v) is 4.09. The van der Waals surface area contributed by atoms with E-state index in [-0.39, 0.29) is 16.8 Å². The molecule has 1 aliphatic rings. The number of amides is 1. The summed E-state index contributed by atoms with van der Waals surface area (Å²) >= 11 is 0. The van der Waals surface area contributed by atoms with Gasteiger partial charge in [0, 0.05) is 37.8 Å². The molecule has 122 valence electrons. The number of nitrogens with two attached hydrogens (primary N) is 1. The molecule has 1 atom stereocenters. The van der Waals surface area contributed by atoms with E-state index in [0.717, 1.165) is 6.42 Å². The summed E-state index contributed by atoms with van der Waals surface area (Å²) < 4.78 is 26.2. The Morgan fingerprint density at radius 2 is 1.86 bits per heavy atom. The minimum absolute atomic E-state index is 0.0336. The average molecular weight is 325 g/mol. The van der Waals surface area contributed by atoms with Crippen molar-refractivity contribution in [3.8, 4) is 0 Å². The Bertz CT molecular complexity index is 624. The predicted octanol–water partition coefficient (Wildman–Crippen LogP) is 0.890. The summed E-state index contributed by atoms with van der Waals surface area (Å²) in [5, 5.41) is 0. The Balaban J connectivity index is 2.18. The average Bonchev–Trinajstić information content (AvgIpc) is 2.94. The van der Waals surface area contributed by atoms with E-state index < -0.39 is 10.0 Å². The predicted molar refractivity (Wildman–Crippen MR) is 85.0 cm³/mol. The second kappa shape index (κ2) is 6.76. The van der Waals surface area contributed by atoms with Crippen molar-refractivity contribution in [2.45, 2.75) is 31.2 Å². The molecule has 2 rings (SSSR count). The lowest BCUT2D eigenvalue weighted by atomic mass is 10.2. The van der Waals surface area contributed by atoms with Crippen molar-refractivity contribution >= 4 is 15.9 Å². The van der Waals surface area contributed by atoms with Crippen molar-refractivity contribution in [1.29, 1.82) is 0 Å². The van der Waals surface area contributed by atoms with Crippen LogP contribution >= 0.6 is 0 Å². The summed E-state index contributed by atoms with van der Waals surface area (Å²) in [7, 11) is -3.48. The molecule has 1 aromatic rings. The molecule has 1 amide bonds. The number of likely N-dealkylation sites (tertiary alicyclic amines) is 1. The van der Waals surface area contributed by atoms with Gasteiger partial charge in [-0.2, -0.15) is 4.31 Å². The highest BCUT2D eigenvalue weighted by molar-refractivity contribution is 7.89. The molecule has 0 bridgehead atoms. The molecule has 1 heterocycles. The monoisotopic (exact) mass is 325 g/mol.